The van der Waals surface area contributed by atoms with Gasteiger partial charge in [-0.05, 0) is 45.5 Å². The van der Waals surface area contributed by atoms with E-state index in [2.05, 4.69) is 4.98 Å². The summed E-state index contributed by atoms with van der Waals surface area (Å²) in [5.41, 5.74) is 4.64. The molecule has 4 aromatic rings. The molecule has 0 radical (unpaired) electrons. The Morgan fingerprint density at radius 3 is 2.18 bits per heavy atom. The van der Waals surface area contributed by atoms with Gasteiger partial charge in [-0.1, -0.05) is 66.7 Å². The van der Waals surface area contributed by atoms with Crippen LogP contribution >= 0.6 is 0 Å². The number of hydrogen-bond donors (Lipinski definition) is 2. The van der Waals surface area contributed by atoms with E-state index in [1.54, 1.807) is 25.4 Å². The van der Waals surface area contributed by atoms with Crippen LogP contribution in [0.25, 0.3) is 12.2 Å². The molecule has 0 saturated carbocycles. The van der Waals surface area contributed by atoms with Gasteiger partial charge in [0.05, 0.1) is 31.9 Å². The van der Waals surface area contributed by atoms with Crippen LogP contribution in [0.2, 0.25) is 0 Å². The van der Waals surface area contributed by atoms with Crippen LogP contribution in [0.3, 0.4) is 0 Å². The van der Waals surface area contributed by atoms with Crippen molar-refractivity contribution in [2.24, 2.45) is 0 Å². The maximum atomic E-state index is 13.3. The number of nitrogens with zero attached hydrogens (tertiary/aromatic N) is 1. The molecule has 0 saturated heterocycles. The average Bonchev–Trinajstić information content (AvgIpc) is 3.10. The minimum absolute atomic E-state index is 0.0725. The molecule has 0 amide bonds. The van der Waals surface area contributed by atoms with Crippen LogP contribution in [-0.2, 0) is 22.6 Å². The fourth-order valence-corrected chi connectivity index (χ4v) is 4.97. The smallest absolute Gasteiger partial charge is 0.335 e. The van der Waals surface area contributed by atoms with E-state index in [0.717, 1.165) is 22.3 Å². The summed E-state index contributed by atoms with van der Waals surface area (Å²) in [4.78, 5) is 40.5. The molecular weight excluding hydrogens is 496 g/mol. The van der Waals surface area contributed by atoms with E-state index < -0.39 is 23.1 Å². The molecule has 0 bridgehead atoms. The lowest BCUT2D eigenvalue weighted by Crippen LogP contribution is -2.33. The molecule has 0 atom stereocenters. The van der Waals surface area contributed by atoms with Crippen LogP contribution in [0, 0.1) is 0 Å². The SMILES string of the molecule is COCCOCc1cc(Cn2cc(C3c4ccccc4C=Cc4ccccc43)c(=O)[nH]c2=O)cc(C(=O)O)c1. The second-order valence-electron chi connectivity index (χ2n) is 9.38. The summed E-state index contributed by atoms with van der Waals surface area (Å²) in [7, 11) is 1.57. The van der Waals surface area contributed by atoms with Gasteiger partial charge in [-0.25, -0.2) is 9.59 Å². The topological polar surface area (TPSA) is 111 Å². The summed E-state index contributed by atoms with van der Waals surface area (Å²) < 4.78 is 12.0. The summed E-state index contributed by atoms with van der Waals surface area (Å²) in [5.74, 6) is -1.48. The number of methoxy groups -OCH3 is 1. The molecule has 8 heteroatoms. The van der Waals surface area contributed by atoms with Crippen molar-refractivity contribution in [2.45, 2.75) is 19.1 Å². The number of carbonyl (C=O) groups is 1. The van der Waals surface area contributed by atoms with Crippen molar-refractivity contribution in [3.8, 4) is 0 Å². The number of fused-ring (bicyclic) bond motifs is 2. The number of aromatic amines is 1. The lowest BCUT2D eigenvalue weighted by Gasteiger charge is -2.21. The van der Waals surface area contributed by atoms with Gasteiger partial charge >= 0.3 is 11.7 Å². The first-order chi connectivity index (χ1) is 18.9. The standard InChI is InChI=1S/C31H28N2O6/c1-38-12-13-39-19-21-14-20(15-24(16-21)30(35)36)17-33-18-27(29(34)32-31(33)37)28-25-8-4-2-6-22(25)10-11-23-7-3-5-9-26(23)28/h2-11,14-16,18,28H,12-13,17,19H2,1H3,(H,35,36)(H,32,34,37). The minimum Gasteiger partial charge on any atom is -0.478 e. The Labute approximate surface area is 224 Å². The molecule has 5 rings (SSSR count). The average molecular weight is 525 g/mol. The highest BCUT2D eigenvalue weighted by molar-refractivity contribution is 5.88. The van der Waals surface area contributed by atoms with Gasteiger partial charge in [0.15, 0.2) is 0 Å². The first-order valence-corrected chi connectivity index (χ1v) is 12.6. The predicted octanol–water partition coefficient (Wildman–Crippen LogP) is 4.11. The predicted molar refractivity (Wildman–Crippen MR) is 148 cm³/mol. The molecule has 0 fully saturated rings. The minimum atomic E-state index is -1.08. The highest BCUT2D eigenvalue weighted by Gasteiger charge is 2.26. The van der Waals surface area contributed by atoms with Gasteiger partial charge in [0.1, 0.15) is 0 Å². The summed E-state index contributed by atoms with van der Waals surface area (Å²) >= 11 is 0. The number of hydrogen-bond acceptors (Lipinski definition) is 5. The number of benzene rings is 3. The van der Waals surface area contributed by atoms with Crippen LogP contribution < -0.4 is 11.2 Å². The first kappa shape index (κ1) is 26.1. The van der Waals surface area contributed by atoms with Gasteiger partial charge < -0.3 is 14.6 Å². The van der Waals surface area contributed by atoms with E-state index in [9.17, 15) is 19.5 Å². The molecule has 8 nitrogen and oxygen atoms in total. The number of carboxylic acid groups (broad SMARTS) is 1. The third-order valence-electron chi connectivity index (χ3n) is 6.76. The summed E-state index contributed by atoms with van der Waals surface area (Å²) in [6.45, 7) is 1.06. The number of ether oxygens (including phenoxy) is 2. The number of H-pyrrole nitrogens is 1. The first-order valence-electron chi connectivity index (χ1n) is 12.6. The van der Waals surface area contributed by atoms with Crippen LogP contribution in [0.15, 0.2) is 82.5 Å². The molecule has 3 aromatic carbocycles. The van der Waals surface area contributed by atoms with Crippen molar-refractivity contribution in [3.05, 3.63) is 138 Å². The number of rotatable bonds is 9. The monoisotopic (exact) mass is 524 g/mol. The molecule has 39 heavy (non-hydrogen) atoms. The van der Waals surface area contributed by atoms with Crippen molar-refractivity contribution < 1.29 is 19.4 Å². The van der Waals surface area contributed by atoms with Gasteiger partial charge in [-0.2, -0.15) is 0 Å². The highest BCUT2D eigenvalue weighted by Crippen LogP contribution is 2.37. The zero-order valence-corrected chi connectivity index (χ0v) is 21.4. The fourth-order valence-electron chi connectivity index (χ4n) is 4.97. The molecule has 0 unspecified atom stereocenters. The van der Waals surface area contributed by atoms with Crippen molar-refractivity contribution in [1.82, 2.24) is 9.55 Å². The van der Waals surface area contributed by atoms with Gasteiger partial charge in [0.25, 0.3) is 5.56 Å². The summed E-state index contributed by atoms with van der Waals surface area (Å²) in [6.07, 6.45) is 5.66. The quantitative estimate of drug-likeness (QED) is 0.281. The lowest BCUT2D eigenvalue weighted by molar-refractivity contribution is 0.0614. The molecule has 1 aliphatic rings. The molecule has 0 spiro atoms. The number of carboxylic acids is 1. The van der Waals surface area contributed by atoms with Crippen molar-refractivity contribution >= 4 is 18.1 Å². The van der Waals surface area contributed by atoms with Gasteiger partial charge in [0.2, 0.25) is 0 Å². The van der Waals surface area contributed by atoms with Crippen molar-refractivity contribution in [1.29, 1.82) is 0 Å². The third-order valence-corrected chi connectivity index (χ3v) is 6.76. The Balaban J connectivity index is 1.57. The zero-order valence-electron chi connectivity index (χ0n) is 21.4. The maximum Gasteiger partial charge on any atom is 0.335 e. The third kappa shape index (κ3) is 5.67. The highest BCUT2D eigenvalue weighted by atomic mass is 16.5. The Morgan fingerprint density at radius 2 is 1.54 bits per heavy atom. The molecule has 0 aliphatic heterocycles. The zero-order chi connectivity index (χ0) is 27.4. The Hall–Kier alpha value is -4.53. The fraction of sp³-hybridized carbons (Fsp3) is 0.194. The lowest BCUT2D eigenvalue weighted by atomic mass is 9.83. The molecule has 1 heterocycles. The largest absolute Gasteiger partial charge is 0.478 e. The molecular formula is C31H28N2O6. The molecule has 1 aliphatic carbocycles. The number of aromatic carboxylic acids is 1. The van der Waals surface area contributed by atoms with Gasteiger partial charge in [0, 0.05) is 24.8 Å². The number of nitrogens with one attached hydrogen (secondary N) is 1. The van der Waals surface area contributed by atoms with Crippen molar-refractivity contribution in [2.75, 3.05) is 20.3 Å². The van der Waals surface area contributed by atoms with E-state index in [1.165, 1.54) is 10.6 Å². The van der Waals surface area contributed by atoms with Crippen LogP contribution in [0.1, 0.15) is 55.2 Å². The summed E-state index contributed by atoms with van der Waals surface area (Å²) in [6, 6.07) is 20.6. The maximum absolute atomic E-state index is 13.3. The summed E-state index contributed by atoms with van der Waals surface area (Å²) in [5, 5.41) is 9.64. The molecule has 2 N–H and O–H groups in total. The van der Waals surface area contributed by atoms with E-state index in [4.69, 9.17) is 9.47 Å². The van der Waals surface area contributed by atoms with Crippen molar-refractivity contribution in [3.63, 3.8) is 0 Å². The van der Waals surface area contributed by atoms with Crippen LogP contribution in [0.5, 0.6) is 0 Å². The van der Waals surface area contributed by atoms with E-state index in [1.807, 2.05) is 60.7 Å². The van der Waals surface area contributed by atoms with Crippen LogP contribution in [-0.4, -0.2) is 41.0 Å². The Bertz CT molecular complexity index is 1620. The van der Waals surface area contributed by atoms with E-state index in [-0.39, 0.29) is 18.7 Å². The Morgan fingerprint density at radius 1 is 0.897 bits per heavy atom. The van der Waals surface area contributed by atoms with Gasteiger partial charge in [-0.15, -0.1) is 0 Å². The number of aromatic nitrogens is 2. The van der Waals surface area contributed by atoms with Gasteiger partial charge in [-0.3, -0.25) is 14.3 Å². The van der Waals surface area contributed by atoms with E-state index in [0.29, 0.717) is 29.9 Å². The second-order valence-corrected chi connectivity index (χ2v) is 9.38. The molecule has 1 aromatic heterocycles. The normalized spacial score (nSPS) is 12.5. The molecule has 198 valence electrons. The van der Waals surface area contributed by atoms with E-state index >= 15 is 0 Å². The second kappa shape index (κ2) is 11.5. The Kier molecular flexibility index (Phi) is 7.67. The van der Waals surface area contributed by atoms with Crippen LogP contribution in [0.4, 0.5) is 0 Å².